The smallest absolute Gasteiger partial charge is 0.0562 e. The molecule has 0 atom stereocenters. The molecule has 0 N–H and O–H groups in total. The van der Waals surface area contributed by atoms with Crippen LogP contribution in [0.5, 0.6) is 0 Å². The van der Waals surface area contributed by atoms with Crippen LogP contribution in [0.3, 0.4) is 0 Å². The van der Waals surface area contributed by atoms with E-state index in [1.807, 2.05) is 57.5 Å². The molecule has 642 valence electrons. The van der Waals surface area contributed by atoms with Crippen molar-refractivity contribution < 1.29 is 0 Å². The van der Waals surface area contributed by atoms with Gasteiger partial charge in [0.25, 0.3) is 0 Å². The average molecular weight is 1820 g/mol. The summed E-state index contributed by atoms with van der Waals surface area (Å²) in [5, 5.41) is 22.0. The minimum absolute atomic E-state index is 0.332. The van der Waals surface area contributed by atoms with Gasteiger partial charge in [0.1, 0.15) is 0 Å². The van der Waals surface area contributed by atoms with Crippen LogP contribution in [0.1, 0.15) is 81.4 Å². The Morgan fingerprint density at radius 2 is 0.643 bits per heavy atom. The SMILES string of the molecule is Cc1cc(-c2ccccc2)cs1.Cc1cc(-n2c3ccccc3c3cc4c5ccccc5n(-c5ccccc5)c4cc32)cc(-n2c3ccccc3c3cc4c5ccccc5n(-c5ccccc5)c4cc32)c1.Cc1cc2ccccc2s1.Cc1ccc(-c2ccccc2)s1.Cc1ccc(C(C)(C)C)s1.Cc1ccc(C)s1.Cc1cccs1.Cc1ccsc1.Cc1csc(C)c1. The normalized spacial score (nSPS) is 11.0. The summed E-state index contributed by atoms with van der Waals surface area (Å²) in [6.07, 6.45) is 0. The Labute approximate surface area is 791 Å². The van der Waals surface area contributed by atoms with Crippen LogP contribution in [0.15, 0.2) is 385 Å². The van der Waals surface area contributed by atoms with Gasteiger partial charge in [-0.1, -0.05) is 215 Å². The number of benzene rings is 12. The van der Waals surface area contributed by atoms with E-state index in [1.54, 1.807) is 45.3 Å². The monoisotopic (exact) mass is 1820 g/mol. The van der Waals surface area contributed by atoms with Crippen molar-refractivity contribution in [1.82, 2.24) is 18.3 Å². The van der Waals surface area contributed by atoms with Gasteiger partial charge in [0.2, 0.25) is 0 Å². The zero-order valence-electron chi connectivity index (χ0n) is 75.5. The van der Waals surface area contributed by atoms with Gasteiger partial charge in [0, 0.05) is 119 Å². The van der Waals surface area contributed by atoms with Crippen LogP contribution in [0, 0.1) is 76.2 Å². The Hall–Kier alpha value is -12.3. The highest BCUT2D eigenvalue weighted by atomic mass is 32.1. The summed E-state index contributed by atoms with van der Waals surface area (Å²) in [5.74, 6) is 0. The Morgan fingerprint density at radius 3 is 0.992 bits per heavy atom. The molecule has 24 aromatic rings. The highest BCUT2D eigenvalue weighted by molar-refractivity contribution is 7.19. The lowest BCUT2D eigenvalue weighted by Gasteiger charge is -2.15. The van der Waals surface area contributed by atoms with Crippen molar-refractivity contribution in [3.63, 3.8) is 0 Å². The zero-order chi connectivity index (χ0) is 89.7. The number of aromatic nitrogens is 4. The summed E-state index contributed by atoms with van der Waals surface area (Å²) in [5.41, 5.74) is 22.4. The second-order valence-corrected chi connectivity index (χ2v) is 43.0. The molecule has 12 aromatic heterocycles. The third-order valence-corrected chi connectivity index (χ3v) is 30.1. The van der Waals surface area contributed by atoms with E-state index in [2.05, 4.69) is 488 Å². The Balaban J connectivity index is 0.000000138. The highest BCUT2D eigenvalue weighted by Gasteiger charge is 2.23. The van der Waals surface area contributed by atoms with E-state index in [0.717, 1.165) is 22.7 Å². The zero-order valence-corrected chi connectivity index (χ0v) is 82.0. The van der Waals surface area contributed by atoms with Crippen LogP contribution >= 0.6 is 90.7 Å². The fourth-order valence-corrected chi connectivity index (χ4v) is 22.4. The number of fused-ring (bicyclic) bond motifs is 13. The number of nitrogens with zero attached hydrogens (tertiary/aromatic N) is 4. The summed E-state index contributed by atoms with van der Waals surface area (Å²) in [6, 6.07) is 129. The predicted octanol–water partition coefficient (Wildman–Crippen LogP) is 37.2. The van der Waals surface area contributed by atoms with Crippen LogP contribution in [-0.4, -0.2) is 18.3 Å². The Kier molecular flexibility index (Phi) is 28.9. The first-order valence-corrected chi connectivity index (χ1v) is 50.4. The van der Waals surface area contributed by atoms with Crippen LogP contribution in [0.2, 0.25) is 0 Å². The molecule has 129 heavy (non-hydrogen) atoms. The number of aryl methyl sites for hydroxylation is 11. The molecule has 0 spiro atoms. The van der Waals surface area contributed by atoms with Gasteiger partial charge in [0.15, 0.2) is 0 Å². The minimum atomic E-state index is 0.332. The molecule has 0 bridgehead atoms. The van der Waals surface area contributed by atoms with Gasteiger partial charge >= 0.3 is 0 Å². The topological polar surface area (TPSA) is 19.7 Å². The Bertz CT molecular complexity index is 7310. The summed E-state index contributed by atoms with van der Waals surface area (Å²) >= 11 is 14.6. The molecule has 4 nitrogen and oxygen atoms in total. The van der Waals surface area contributed by atoms with E-state index >= 15 is 0 Å². The maximum atomic E-state index is 2.48. The molecule has 0 unspecified atom stereocenters. The number of thiophene rings is 8. The molecule has 12 heteroatoms. The molecule has 12 heterocycles. The van der Waals surface area contributed by atoms with E-state index in [0.29, 0.717) is 5.41 Å². The van der Waals surface area contributed by atoms with Gasteiger partial charge in [-0.2, -0.15) is 11.3 Å². The molecule has 0 saturated heterocycles. The molecule has 0 fully saturated rings. The number of hydrogen-bond acceptors (Lipinski definition) is 8. The lowest BCUT2D eigenvalue weighted by Crippen LogP contribution is -2.07. The highest BCUT2D eigenvalue weighted by Crippen LogP contribution is 2.44. The lowest BCUT2D eigenvalue weighted by molar-refractivity contribution is 0.604. The van der Waals surface area contributed by atoms with Crippen molar-refractivity contribution >= 4 is 188 Å². The van der Waals surface area contributed by atoms with Gasteiger partial charge in [-0.25, -0.2) is 0 Å². The van der Waals surface area contributed by atoms with Gasteiger partial charge in [-0.15, -0.1) is 79.4 Å². The fraction of sp³-hybridized carbons (Fsp3) is 0.128. The van der Waals surface area contributed by atoms with E-state index in [4.69, 9.17) is 0 Å². The van der Waals surface area contributed by atoms with E-state index in [9.17, 15) is 0 Å². The van der Waals surface area contributed by atoms with E-state index < -0.39 is 0 Å². The van der Waals surface area contributed by atoms with Crippen molar-refractivity contribution in [3.8, 4) is 44.3 Å². The molecule has 0 aliphatic carbocycles. The molecule has 12 aromatic carbocycles. The van der Waals surface area contributed by atoms with Gasteiger partial charge < -0.3 is 18.3 Å². The molecular weight excluding hydrogens is 1720 g/mol. The number of rotatable bonds is 6. The van der Waals surface area contributed by atoms with Crippen molar-refractivity contribution in [1.29, 1.82) is 0 Å². The fourth-order valence-electron chi connectivity index (χ4n) is 16.3. The maximum Gasteiger partial charge on any atom is 0.0562 e. The van der Waals surface area contributed by atoms with Gasteiger partial charge in [-0.05, 0) is 311 Å². The summed E-state index contributed by atoms with van der Waals surface area (Å²) < 4.78 is 11.2. The first-order valence-electron chi connectivity index (χ1n) is 43.6. The average Bonchev–Trinajstić information content (AvgIpc) is 1.56. The molecule has 0 amide bonds. The van der Waals surface area contributed by atoms with Crippen LogP contribution in [-0.2, 0) is 5.41 Å². The van der Waals surface area contributed by atoms with Crippen molar-refractivity contribution in [2.24, 2.45) is 0 Å². The summed E-state index contributed by atoms with van der Waals surface area (Å²) in [7, 11) is 0. The van der Waals surface area contributed by atoms with Crippen LogP contribution < -0.4 is 0 Å². The number of para-hydroxylation sites is 6. The first kappa shape index (κ1) is 90.1. The van der Waals surface area contributed by atoms with Crippen molar-refractivity contribution in [2.45, 2.75) is 102 Å². The quantitative estimate of drug-likeness (QED) is 0.158. The largest absolute Gasteiger partial charge is 0.309 e. The van der Waals surface area contributed by atoms with E-state index in [-0.39, 0.29) is 0 Å². The second kappa shape index (κ2) is 41.4. The van der Waals surface area contributed by atoms with Gasteiger partial charge in [0.05, 0.1) is 44.1 Å². The third-order valence-electron chi connectivity index (χ3n) is 22.3. The molecule has 0 saturated carbocycles. The van der Waals surface area contributed by atoms with E-state index in [1.165, 1.54) is 179 Å². The summed E-state index contributed by atoms with van der Waals surface area (Å²) in [6.45, 7) is 30.2. The standard InChI is InChI=1S/C55H36N4.2C11H10S.C9H8S.C9H14S.2C6H8S.2C5H6S/c1-35-28-38(58-50-26-14-10-22-42(50)46-31-44-40-20-8-12-24-48(40)56(52(44)33-54(46)58)36-16-4-2-5-17-36)30-39(29-35)59-51-27-15-11-23-43(51)47-32-45-41-21-9-13-25-49(41)57(53(45)34-55(47)59)37-18-6-3-7-19-37;1-9-7-11(8-12-9)10-5-3-2-4-6-10;1-9-7-8-11(12-9)10-5-3-2-4-6-10;1-7-6-8-4-2-3-5-9(8)10-7;1-7-5-6-8(10-7)9(2,3)4;1-5-3-6(2)7-4-5;1-5-3-4-6(2)7-5;1-5-2-3-6-4-5;1-5-3-2-4-6-5/h2-34H,1H3;2*2-8H,1H3;2-6H,1H3;5-6H,1-4H3;2*3-4H,1-2H3;2*2-4H,1H3. The third kappa shape index (κ3) is 21.5. The molecule has 24 rings (SSSR count). The molecular formula is C117H106N4S8. The van der Waals surface area contributed by atoms with Crippen molar-refractivity contribution in [3.05, 3.63) is 445 Å². The van der Waals surface area contributed by atoms with Gasteiger partial charge in [-0.3, -0.25) is 0 Å². The lowest BCUT2D eigenvalue weighted by atomic mass is 9.95. The summed E-state index contributed by atoms with van der Waals surface area (Å²) in [4.78, 5) is 14.0. The molecule has 0 aliphatic rings. The maximum absolute atomic E-state index is 2.48. The first-order chi connectivity index (χ1) is 62.6. The number of hydrogen-bond donors (Lipinski definition) is 0. The van der Waals surface area contributed by atoms with Crippen LogP contribution in [0.4, 0.5) is 0 Å². The Morgan fingerprint density at radius 1 is 0.217 bits per heavy atom. The second-order valence-electron chi connectivity index (χ2n) is 33.4. The molecule has 0 aliphatic heterocycles. The molecule has 0 radical (unpaired) electrons. The van der Waals surface area contributed by atoms with Crippen LogP contribution in [0.25, 0.3) is 142 Å². The minimum Gasteiger partial charge on any atom is -0.309 e. The van der Waals surface area contributed by atoms with Crippen molar-refractivity contribution in [2.75, 3.05) is 0 Å². The predicted molar refractivity (Wildman–Crippen MR) is 578 cm³/mol.